The van der Waals surface area contributed by atoms with Crippen LogP contribution in [0.1, 0.15) is 19.8 Å². The van der Waals surface area contributed by atoms with E-state index in [1.54, 1.807) is 0 Å². The molecule has 1 nitrogen and oxygen atoms in total. The van der Waals surface area contributed by atoms with Crippen molar-refractivity contribution in [3.63, 3.8) is 0 Å². The minimum atomic E-state index is -0.892. The molecule has 0 unspecified atom stereocenters. The van der Waals surface area contributed by atoms with Crippen molar-refractivity contribution in [1.82, 2.24) is 0 Å². The fraction of sp³-hybridized carbons (Fsp3) is 1.00. The molecule has 1 aliphatic carbocycles. The standard InChI is InChI=1S/C9H20OSi/c1-5-10-9(6-7-9)8-11(2,3)4/h5-8H2,1-4H3. The molecular weight excluding hydrogens is 152 g/mol. The highest BCUT2D eigenvalue weighted by Crippen LogP contribution is 2.45. The van der Waals surface area contributed by atoms with Gasteiger partial charge in [-0.15, -0.1) is 0 Å². The van der Waals surface area contributed by atoms with Crippen molar-refractivity contribution in [1.29, 1.82) is 0 Å². The van der Waals surface area contributed by atoms with Crippen LogP contribution in [0.25, 0.3) is 0 Å². The zero-order valence-corrected chi connectivity index (χ0v) is 9.24. The summed E-state index contributed by atoms with van der Waals surface area (Å²) in [5.41, 5.74) is 0.346. The monoisotopic (exact) mass is 172 g/mol. The molecule has 0 aromatic heterocycles. The van der Waals surface area contributed by atoms with Gasteiger partial charge in [-0.05, 0) is 25.8 Å². The third-order valence-electron chi connectivity index (χ3n) is 2.11. The molecule has 0 radical (unpaired) electrons. The zero-order chi connectivity index (χ0) is 8.54. The zero-order valence-electron chi connectivity index (χ0n) is 8.24. The van der Waals surface area contributed by atoms with Gasteiger partial charge in [-0.3, -0.25) is 0 Å². The van der Waals surface area contributed by atoms with E-state index in [1.165, 1.54) is 18.9 Å². The van der Waals surface area contributed by atoms with E-state index < -0.39 is 8.07 Å². The van der Waals surface area contributed by atoms with Crippen LogP contribution in [0.5, 0.6) is 0 Å². The van der Waals surface area contributed by atoms with Crippen LogP contribution in [0.15, 0.2) is 0 Å². The number of hydrogen-bond donors (Lipinski definition) is 0. The van der Waals surface area contributed by atoms with E-state index in [0.717, 1.165) is 6.61 Å². The smallest absolute Gasteiger partial charge is 0.0661 e. The van der Waals surface area contributed by atoms with Gasteiger partial charge in [0, 0.05) is 14.7 Å². The minimum absolute atomic E-state index is 0.346. The average Bonchev–Trinajstić information content (AvgIpc) is 2.44. The Hall–Kier alpha value is 0.177. The van der Waals surface area contributed by atoms with Crippen LogP contribution in [0.3, 0.4) is 0 Å². The van der Waals surface area contributed by atoms with Crippen molar-refractivity contribution in [3.8, 4) is 0 Å². The summed E-state index contributed by atoms with van der Waals surface area (Å²) in [7, 11) is -0.892. The van der Waals surface area contributed by atoms with Gasteiger partial charge in [-0.25, -0.2) is 0 Å². The molecule has 0 bridgehead atoms. The molecule has 1 saturated carbocycles. The van der Waals surface area contributed by atoms with Gasteiger partial charge < -0.3 is 4.74 Å². The predicted octanol–water partition coefficient (Wildman–Crippen LogP) is 2.89. The first-order chi connectivity index (χ1) is 4.97. The van der Waals surface area contributed by atoms with Crippen LogP contribution < -0.4 is 0 Å². The van der Waals surface area contributed by atoms with Gasteiger partial charge >= 0.3 is 0 Å². The molecule has 0 aliphatic heterocycles. The lowest BCUT2D eigenvalue weighted by molar-refractivity contribution is 0.0554. The van der Waals surface area contributed by atoms with E-state index >= 15 is 0 Å². The Balaban J connectivity index is 2.35. The lowest BCUT2D eigenvalue weighted by Crippen LogP contribution is -2.29. The topological polar surface area (TPSA) is 9.23 Å². The molecular formula is C9H20OSi. The van der Waals surface area contributed by atoms with E-state index in [2.05, 4.69) is 26.6 Å². The highest BCUT2D eigenvalue weighted by atomic mass is 28.3. The molecule has 1 fully saturated rings. The summed E-state index contributed by atoms with van der Waals surface area (Å²) in [4.78, 5) is 0. The second-order valence-corrected chi connectivity index (χ2v) is 10.3. The summed E-state index contributed by atoms with van der Waals surface area (Å²) < 4.78 is 5.75. The second kappa shape index (κ2) is 2.90. The molecule has 1 aliphatic rings. The van der Waals surface area contributed by atoms with Gasteiger partial charge in [0.2, 0.25) is 0 Å². The Bertz CT molecular complexity index is 133. The van der Waals surface area contributed by atoms with Gasteiger partial charge in [-0.1, -0.05) is 19.6 Å². The molecule has 0 spiro atoms. The van der Waals surface area contributed by atoms with Gasteiger partial charge in [0.15, 0.2) is 0 Å². The maximum absolute atomic E-state index is 5.75. The van der Waals surface area contributed by atoms with Crippen LogP contribution >= 0.6 is 0 Å². The Kier molecular flexibility index (Phi) is 2.45. The van der Waals surface area contributed by atoms with Crippen molar-refractivity contribution in [2.75, 3.05) is 6.61 Å². The molecule has 2 heteroatoms. The highest BCUT2D eigenvalue weighted by molar-refractivity contribution is 6.76. The van der Waals surface area contributed by atoms with Crippen LogP contribution in [-0.4, -0.2) is 20.3 Å². The van der Waals surface area contributed by atoms with Gasteiger partial charge in [-0.2, -0.15) is 0 Å². The normalized spacial score (nSPS) is 21.8. The third-order valence-corrected chi connectivity index (χ3v) is 3.82. The van der Waals surface area contributed by atoms with E-state index in [4.69, 9.17) is 4.74 Å². The van der Waals surface area contributed by atoms with Crippen molar-refractivity contribution in [2.24, 2.45) is 0 Å². The van der Waals surface area contributed by atoms with Crippen molar-refractivity contribution < 1.29 is 4.74 Å². The molecule has 0 atom stereocenters. The Morgan fingerprint density at radius 2 is 1.82 bits per heavy atom. The average molecular weight is 172 g/mol. The summed E-state index contributed by atoms with van der Waals surface area (Å²) in [6, 6.07) is 1.36. The van der Waals surface area contributed by atoms with E-state index in [1.807, 2.05) is 0 Å². The summed E-state index contributed by atoms with van der Waals surface area (Å²) >= 11 is 0. The minimum Gasteiger partial charge on any atom is -0.376 e. The van der Waals surface area contributed by atoms with Crippen LogP contribution in [0, 0.1) is 0 Å². The maximum Gasteiger partial charge on any atom is 0.0661 e. The molecule has 0 heterocycles. The Morgan fingerprint density at radius 1 is 1.27 bits per heavy atom. The molecule has 66 valence electrons. The highest BCUT2D eigenvalue weighted by Gasteiger charge is 2.46. The molecule has 0 N–H and O–H groups in total. The first-order valence-corrected chi connectivity index (χ1v) is 8.32. The first kappa shape index (κ1) is 9.27. The van der Waals surface area contributed by atoms with Gasteiger partial charge in [0.25, 0.3) is 0 Å². The molecule has 0 aromatic carbocycles. The van der Waals surface area contributed by atoms with E-state index in [9.17, 15) is 0 Å². The number of rotatable bonds is 4. The quantitative estimate of drug-likeness (QED) is 0.592. The van der Waals surface area contributed by atoms with Crippen LogP contribution in [0.2, 0.25) is 25.7 Å². The predicted molar refractivity (Wildman–Crippen MR) is 51.7 cm³/mol. The van der Waals surface area contributed by atoms with Crippen molar-refractivity contribution in [2.45, 2.75) is 51.1 Å². The number of hydrogen-bond acceptors (Lipinski definition) is 1. The lowest BCUT2D eigenvalue weighted by atomic mass is 10.4. The third kappa shape index (κ3) is 2.95. The van der Waals surface area contributed by atoms with E-state index in [-0.39, 0.29) is 0 Å². The van der Waals surface area contributed by atoms with Gasteiger partial charge in [0.1, 0.15) is 0 Å². The lowest BCUT2D eigenvalue weighted by Gasteiger charge is -2.23. The summed E-state index contributed by atoms with van der Waals surface area (Å²) in [6.45, 7) is 10.3. The molecule has 1 rings (SSSR count). The van der Waals surface area contributed by atoms with Crippen LogP contribution in [-0.2, 0) is 4.74 Å². The fourth-order valence-electron chi connectivity index (χ4n) is 1.78. The Labute approximate surface area is 71.1 Å². The van der Waals surface area contributed by atoms with Crippen LogP contribution in [0.4, 0.5) is 0 Å². The van der Waals surface area contributed by atoms with Crippen molar-refractivity contribution in [3.05, 3.63) is 0 Å². The summed E-state index contributed by atoms with van der Waals surface area (Å²) in [5.74, 6) is 0. The summed E-state index contributed by atoms with van der Waals surface area (Å²) in [5, 5.41) is 0. The van der Waals surface area contributed by atoms with Crippen molar-refractivity contribution >= 4 is 8.07 Å². The molecule has 0 aromatic rings. The fourth-order valence-corrected chi connectivity index (χ4v) is 4.17. The molecule has 11 heavy (non-hydrogen) atoms. The second-order valence-electron chi connectivity index (χ2n) is 4.85. The molecule has 0 amide bonds. The first-order valence-electron chi connectivity index (χ1n) is 4.61. The van der Waals surface area contributed by atoms with E-state index in [0.29, 0.717) is 5.60 Å². The summed E-state index contributed by atoms with van der Waals surface area (Å²) in [6.07, 6.45) is 2.62. The SMILES string of the molecule is CCOC1(C[Si](C)(C)C)CC1. The maximum atomic E-state index is 5.75. The van der Waals surface area contributed by atoms with Gasteiger partial charge in [0.05, 0.1) is 5.60 Å². The largest absolute Gasteiger partial charge is 0.376 e. The number of ether oxygens (including phenoxy) is 1. The Morgan fingerprint density at radius 3 is 2.09 bits per heavy atom. The molecule has 0 saturated heterocycles.